The molecule has 2 aromatic carbocycles. The number of rotatable bonds is 7. The minimum atomic E-state index is -0.640. The maximum atomic E-state index is 13.4. The van der Waals surface area contributed by atoms with Crippen molar-refractivity contribution < 1.29 is 4.79 Å². The topological polar surface area (TPSA) is 104 Å². The number of amides is 1. The molecule has 2 aromatic heterocycles. The Hall–Kier alpha value is -3.68. The largest absolute Gasteiger partial charge is 0.366 e. The fraction of sp³-hybridized carbons (Fsp3) is 0.273. The molecular weight excluding hydrogens is 382 g/mol. The molecule has 1 amide bonds. The lowest BCUT2D eigenvalue weighted by Crippen LogP contribution is -2.38. The molecule has 0 radical (unpaired) electrons. The van der Waals surface area contributed by atoms with Crippen molar-refractivity contribution in [3.63, 3.8) is 0 Å². The van der Waals surface area contributed by atoms with Gasteiger partial charge in [0.05, 0.1) is 16.7 Å². The van der Waals surface area contributed by atoms with Crippen LogP contribution in [0.3, 0.4) is 0 Å². The number of unbranched alkanes of at least 4 members (excludes halogenated alkanes) is 3. The minimum Gasteiger partial charge on any atom is -0.366 e. The van der Waals surface area contributed by atoms with Crippen LogP contribution in [0.25, 0.3) is 22.5 Å². The minimum absolute atomic E-state index is 0.269. The van der Waals surface area contributed by atoms with Crippen molar-refractivity contribution >= 4 is 22.7 Å². The van der Waals surface area contributed by atoms with Gasteiger partial charge in [-0.05, 0) is 36.8 Å². The highest BCUT2D eigenvalue weighted by Gasteiger charge is 2.19. The van der Waals surface area contributed by atoms with Crippen molar-refractivity contribution in [1.82, 2.24) is 18.5 Å². The van der Waals surface area contributed by atoms with Crippen molar-refractivity contribution in [1.29, 1.82) is 0 Å². The maximum absolute atomic E-state index is 13.4. The van der Waals surface area contributed by atoms with Gasteiger partial charge in [0.15, 0.2) is 0 Å². The first-order chi connectivity index (χ1) is 14.5. The molecule has 0 atom stereocenters. The Morgan fingerprint density at radius 3 is 2.47 bits per heavy atom. The molecule has 0 saturated carbocycles. The molecule has 30 heavy (non-hydrogen) atoms. The molecular formula is C22H23N5O3. The number of aryl methyl sites for hydroxylation is 1. The van der Waals surface area contributed by atoms with E-state index in [1.54, 1.807) is 48.5 Å². The molecule has 8 nitrogen and oxygen atoms in total. The van der Waals surface area contributed by atoms with Crippen LogP contribution >= 0.6 is 0 Å². The summed E-state index contributed by atoms with van der Waals surface area (Å²) in [6, 6.07) is 13.6. The number of carbonyl (C=O) groups excluding carboxylic acids is 1. The van der Waals surface area contributed by atoms with Crippen LogP contribution in [0.15, 0.2) is 58.1 Å². The number of nitrogens with zero attached hydrogens (tertiary/aromatic N) is 4. The Kier molecular flexibility index (Phi) is 5.22. The fourth-order valence-corrected chi connectivity index (χ4v) is 3.75. The van der Waals surface area contributed by atoms with Crippen molar-refractivity contribution in [2.45, 2.75) is 39.2 Å². The number of nitrogens with two attached hydrogens (primary N) is 1. The first-order valence-electron chi connectivity index (χ1n) is 10.1. The third-order valence-electron chi connectivity index (χ3n) is 5.25. The summed E-state index contributed by atoms with van der Waals surface area (Å²) in [6.45, 7) is 2.75. The summed E-state index contributed by atoms with van der Waals surface area (Å²) in [4.78, 5) is 42.1. The van der Waals surface area contributed by atoms with Gasteiger partial charge in [-0.3, -0.25) is 4.79 Å². The molecule has 4 aromatic rings. The molecule has 2 heterocycles. The number of imidazole rings is 1. The second-order valence-corrected chi connectivity index (χ2v) is 7.26. The SMILES string of the molecule is CCCCCCn1c2ccc(C(N)=O)cc2n2c(=O)n(-c3ccccc3)c(=O)nc12. The quantitative estimate of drug-likeness (QED) is 0.477. The molecule has 0 unspecified atom stereocenters. The molecule has 154 valence electrons. The average Bonchev–Trinajstić information content (AvgIpc) is 3.04. The third kappa shape index (κ3) is 3.30. The molecule has 0 fully saturated rings. The summed E-state index contributed by atoms with van der Waals surface area (Å²) < 4.78 is 4.29. The van der Waals surface area contributed by atoms with Gasteiger partial charge in [0.2, 0.25) is 11.7 Å². The van der Waals surface area contributed by atoms with Crippen LogP contribution < -0.4 is 17.1 Å². The fourth-order valence-electron chi connectivity index (χ4n) is 3.75. The zero-order chi connectivity index (χ0) is 21.3. The van der Waals surface area contributed by atoms with Crippen LogP contribution in [0.1, 0.15) is 43.0 Å². The lowest BCUT2D eigenvalue weighted by Gasteiger charge is -2.07. The van der Waals surface area contributed by atoms with E-state index in [1.165, 1.54) is 4.40 Å². The van der Waals surface area contributed by atoms with Gasteiger partial charge in [-0.1, -0.05) is 44.4 Å². The van der Waals surface area contributed by atoms with Crippen LogP contribution in [-0.2, 0) is 6.54 Å². The van der Waals surface area contributed by atoms with E-state index in [0.29, 0.717) is 17.7 Å². The van der Waals surface area contributed by atoms with E-state index in [-0.39, 0.29) is 11.3 Å². The first-order valence-corrected chi connectivity index (χ1v) is 10.1. The van der Waals surface area contributed by atoms with E-state index in [4.69, 9.17) is 5.73 Å². The van der Waals surface area contributed by atoms with Gasteiger partial charge < -0.3 is 10.3 Å². The highest BCUT2D eigenvalue weighted by atomic mass is 16.2. The van der Waals surface area contributed by atoms with Gasteiger partial charge in [-0.25, -0.2) is 18.6 Å². The number of hydrogen-bond acceptors (Lipinski definition) is 4. The summed E-state index contributed by atoms with van der Waals surface area (Å²) in [7, 11) is 0. The Bertz CT molecular complexity index is 1350. The van der Waals surface area contributed by atoms with Gasteiger partial charge in [0.1, 0.15) is 0 Å². The van der Waals surface area contributed by atoms with Crippen LogP contribution in [0.4, 0.5) is 0 Å². The van der Waals surface area contributed by atoms with Gasteiger partial charge in [0, 0.05) is 12.1 Å². The van der Waals surface area contributed by atoms with Crippen molar-refractivity contribution in [3.05, 3.63) is 75.1 Å². The summed E-state index contributed by atoms with van der Waals surface area (Å²) in [5.74, 6) is -0.316. The zero-order valence-electron chi connectivity index (χ0n) is 16.7. The second-order valence-electron chi connectivity index (χ2n) is 7.26. The number of benzene rings is 2. The molecule has 4 rings (SSSR count). The Morgan fingerprint density at radius 1 is 1.00 bits per heavy atom. The summed E-state index contributed by atoms with van der Waals surface area (Å²) >= 11 is 0. The van der Waals surface area contributed by atoms with Crippen molar-refractivity contribution in [2.24, 2.45) is 5.73 Å². The van der Waals surface area contributed by atoms with Gasteiger partial charge in [-0.15, -0.1) is 0 Å². The molecule has 0 bridgehead atoms. The maximum Gasteiger partial charge on any atom is 0.359 e. The van der Waals surface area contributed by atoms with Crippen LogP contribution in [0.5, 0.6) is 0 Å². The number of fused-ring (bicyclic) bond motifs is 3. The lowest BCUT2D eigenvalue weighted by molar-refractivity contribution is 0.100. The Balaban J connectivity index is 2.03. The Morgan fingerprint density at radius 2 is 1.77 bits per heavy atom. The van der Waals surface area contributed by atoms with Crippen LogP contribution in [-0.4, -0.2) is 24.4 Å². The van der Waals surface area contributed by atoms with Gasteiger partial charge >= 0.3 is 11.4 Å². The summed E-state index contributed by atoms with van der Waals surface area (Å²) in [5, 5.41) is 0. The normalized spacial score (nSPS) is 11.4. The van der Waals surface area contributed by atoms with E-state index in [1.807, 2.05) is 4.57 Å². The summed E-state index contributed by atoms with van der Waals surface area (Å²) in [5.41, 5.74) is 6.23. The first kappa shape index (κ1) is 19.6. The molecule has 8 heteroatoms. The van der Waals surface area contributed by atoms with Crippen LogP contribution in [0.2, 0.25) is 0 Å². The predicted molar refractivity (Wildman–Crippen MR) is 115 cm³/mol. The van der Waals surface area contributed by atoms with Gasteiger partial charge in [0.25, 0.3) is 0 Å². The Labute approximate surface area is 172 Å². The monoisotopic (exact) mass is 405 g/mol. The summed E-state index contributed by atoms with van der Waals surface area (Å²) in [6.07, 6.45) is 4.14. The van der Waals surface area contributed by atoms with E-state index in [0.717, 1.165) is 35.8 Å². The number of primary amides is 1. The number of para-hydroxylation sites is 1. The number of aromatic nitrogens is 4. The molecule has 0 saturated heterocycles. The lowest BCUT2D eigenvalue weighted by atomic mass is 10.2. The van der Waals surface area contributed by atoms with E-state index < -0.39 is 17.3 Å². The molecule has 0 aliphatic carbocycles. The highest BCUT2D eigenvalue weighted by Crippen LogP contribution is 2.21. The van der Waals surface area contributed by atoms with E-state index in [9.17, 15) is 14.4 Å². The van der Waals surface area contributed by atoms with E-state index in [2.05, 4.69) is 11.9 Å². The molecule has 0 aliphatic heterocycles. The van der Waals surface area contributed by atoms with Crippen molar-refractivity contribution in [2.75, 3.05) is 0 Å². The number of carbonyl (C=O) groups is 1. The smallest absolute Gasteiger partial charge is 0.359 e. The zero-order valence-corrected chi connectivity index (χ0v) is 16.7. The van der Waals surface area contributed by atoms with Crippen LogP contribution in [0, 0.1) is 0 Å². The second kappa shape index (κ2) is 7.98. The highest BCUT2D eigenvalue weighted by molar-refractivity contribution is 5.97. The standard InChI is InChI=1S/C22H23N5O3/c1-2-3-4-8-13-25-17-12-11-15(19(23)28)14-18(17)27-20(25)24-21(29)26(22(27)30)16-9-6-5-7-10-16/h5-7,9-12,14H,2-4,8,13H2,1H3,(H2,23,28). The number of hydrogen-bond donors (Lipinski definition) is 1. The average molecular weight is 405 g/mol. The van der Waals surface area contributed by atoms with Crippen molar-refractivity contribution in [3.8, 4) is 5.69 Å². The third-order valence-corrected chi connectivity index (χ3v) is 5.25. The predicted octanol–water partition coefficient (Wildman–Crippen LogP) is 2.48. The van der Waals surface area contributed by atoms with Gasteiger partial charge in [-0.2, -0.15) is 4.98 Å². The molecule has 0 spiro atoms. The molecule has 0 aliphatic rings. The molecule has 2 N–H and O–H groups in total. The van der Waals surface area contributed by atoms with E-state index >= 15 is 0 Å².